The molecule has 1 fully saturated rings. The van der Waals surface area contributed by atoms with Crippen molar-refractivity contribution in [3.05, 3.63) is 77.4 Å². The van der Waals surface area contributed by atoms with Gasteiger partial charge < -0.3 is 16.0 Å². The Kier molecular flexibility index (Phi) is 7.56. The lowest BCUT2D eigenvalue weighted by molar-refractivity contribution is -0.115. The van der Waals surface area contributed by atoms with Gasteiger partial charge in [0.1, 0.15) is 17.4 Å². The molecule has 0 aliphatic carbocycles. The van der Waals surface area contributed by atoms with Crippen LogP contribution in [0, 0.1) is 28.9 Å². The summed E-state index contributed by atoms with van der Waals surface area (Å²) in [6.07, 6.45) is 3.56. The van der Waals surface area contributed by atoms with Crippen LogP contribution < -0.4 is 16.0 Å². The molecular formula is C24H21ClF2N8OS. The minimum atomic E-state index is -1.02. The maximum atomic E-state index is 15.3. The number of pyridine rings is 1. The van der Waals surface area contributed by atoms with Gasteiger partial charge in [0.2, 0.25) is 11.9 Å². The van der Waals surface area contributed by atoms with Gasteiger partial charge in [0.15, 0.2) is 11.0 Å². The molecule has 1 saturated heterocycles. The first-order valence-electron chi connectivity index (χ1n) is 11.0. The van der Waals surface area contributed by atoms with Crippen LogP contribution in [-0.4, -0.2) is 44.9 Å². The van der Waals surface area contributed by atoms with Crippen molar-refractivity contribution in [3.63, 3.8) is 0 Å². The van der Waals surface area contributed by atoms with Gasteiger partial charge in [-0.1, -0.05) is 11.8 Å². The molecule has 37 heavy (non-hydrogen) atoms. The first-order valence-corrected chi connectivity index (χ1v) is 12.0. The molecule has 0 spiro atoms. The molecule has 2 aliphatic rings. The number of anilines is 2. The fourth-order valence-electron chi connectivity index (χ4n) is 4.52. The van der Waals surface area contributed by atoms with Gasteiger partial charge in [-0.05, 0) is 30.3 Å². The monoisotopic (exact) mass is 542 g/mol. The minimum Gasteiger partial charge on any atom is -0.379 e. The quantitative estimate of drug-likeness (QED) is 0.502. The van der Waals surface area contributed by atoms with Gasteiger partial charge in [0.25, 0.3) is 0 Å². The van der Waals surface area contributed by atoms with Crippen LogP contribution in [0.4, 0.5) is 20.4 Å². The van der Waals surface area contributed by atoms with E-state index in [1.54, 1.807) is 18.2 Å². The van der Waals surface area contributed by atoms with E-state index in [0.29, 0.717) is 45.9 Å². The number of aliphatic imine (C=N–C) groups is 1. The summed E-state index contributed by atoms with van der Waals surface area (Å²) in [4.78, 5) is 31.4. The second kappa shape index (κ2) is 10.7. The molecule has 2 aliphatic heterocycles. The zero-order valence-corrected chi connectivity index (χ0v) is 20.9. The number of amides is 1. The smallest absolute Gasteiger partial charge is 0.230 e. The van der Waals surface area contributed by atoms with Crippen LogP contribution in [-0.2, 0) is 16.8 Å². The third kappa shape index (κ3) is 5.33. The second-order valence-electron chi connectivity index (χ2n) is 8.53. The number of nitrogens with zero attached hydrogens (tertiary/aromatic N) is 6. The molecule has 3 aromatic rings. The fourth-order valence-corrected chi connectivity index (χ4v) is 5.50. The molecule has 1 amide bonds. The van der Waals surface area contributed by atoms with Crippen molar-refractivity contribution in [2.45, 2.75) is 12.0 Å². The van der Waals surface area contributed by atoms with E-state index in [2.05, 4.69) is 20.3 Å². The van der Waals surface area contributed by atoms with E-state index < -0.39 is 17.2 Å². The standard InChI is InChI=1S/C24H20F2N8OS.ClH/c25-16-9-30-23(31-10-16)34-11-15-12-36-22(28)33-24(15,13-34)19-5-18(3-4-20(19)26)32-21(35)6-17-2-1-14(7-27)8-29-17;/h1-5,8-10,15H,6,11-13H2,(H2,28,33)(H,32,35);1H/t15-,24-;/m0./s1. The summed E-state index contributed by atoms with van der Waals surface area (Å²) < 4.78 is 28.6. The summed E-state index contributed by atoms with van der Waals surface area (Å²) >= 11 is 1.39. The number of aromatic nitrogens is 3. The number of nitrogens with one attached hydrogen (secondary N) is 1. The van der Waals surface area contributed by atoms with Crippen LogP contribution in [0.2, 0.25) is 0 Å². The molecule has 2 atom stereocenters. The number of hydrogen-bond donors (Lipinski definition) is 2. The molecule has 9 nitrogen and oxygen atoms in total. The fraction of sp³-hybridized carbons (Fsp3) is 0.250. The van der Waals surface area contributed by atoms with E-state index in [1.165, 1.54) is 30.1 Å². The van der Waals surface area contributed by atoms with Crippen LogP contribution in [0.15, 0.2) is 53.9 Å². The number of rotatable bonds is 5. The van der Waals surface area contributed by atoms with Gasteiger partial charge >= 0.3 is 0 Å². The van der Waals surface area contributed by atoms with Gasteiger partial charge in [-0.3, -0.25) is 9.78 Å². The first-order chi connectivity index (χ1) is 17.4. The summed E-state index contributed by atoms with van der Waals surface area (Å²) in [5.74, 6) is -0.553. The molecular weight excluding hydrogens is 522 g/mol. The summed E-state index contributed by atoms with van der Waals surface area (Å²) in [6.45, 7) is 0.726. The third-order valence-corrected chi connectivity index (χ3v) is 7.15. The van der Waals surface area contributed by atoms with Crippen molar-refractivity contribution < 1.29 is 13.6 Å². The Bertz CT molecular complexity index is 1380. The van der Waals surface area contributed by atoms with Crippen LogP contribution in [0.25, 0.3) is 0 Å². The zero-order chi connectivity index (χ0) is 25.3. The Balaban J connectivity index is 0.00000320. The average molecular weight is 543 g/mol. The second-order valence-corrected chi connectivity index (χ2v) is 9.57. The Labute approximate surface area is 221 Å². The van der Waals surface area contributed by atoms with E-state index >= 15 is 4.39 Å². The van der Waals surface area contributed by atoms with Crippen molar-refractivity contribution >= 4 is 46.9 Å². The molecule has 4 heterocycles. The Morgan fingerprint density at radius 3 is 2.70 bits per heavy atom. The maximum Gasteiger partial charge on any atom is 0.230 e. The number of nitrogens with two attached hydrogens (primary N) is 1. The van der Waals surface area contributed by atoms with Gasteiger partial charge in [-0.2, -0.15) is 5.26 Å². The molecule has 2 aromatic heterocycles. The molecule has 1 aromatic carbocycles. The predicted molar refractivity (Wildman–Crippen MR) is 138 cm³/mol. The number of nitriles is 1. The molecule has 190 valence electrons. The van der Waals surface area contributed by atoms with Crippen molar-refractivity contribution in [1.82, 2.24) is 15.0 Å². The molecule has 0 saturated carbocycles. The highest BCUT2D eigenvalue weighted by Gasteiger charge is 2.52. The molecule has 0 bridgehead atoms. The maximum absolute atomic E-state index is 15.3. The van der Waals surface area contributed by atoms with Crippen LogP contribution in [0.1, 0.15) is 16.8 Å². The zero-order valence-electron chi connectivity index (χ0n) is 19.3. The predicted octanol–water partition coefficient (Wildman–Crippen LogP) is 3.02. The lowest BCUT2D eigenvalue weighted by atomic mass is 9.81. The largest absolute Gasteiger partial charge is 0.379 e. The number of hydrogen-bond acceptors (Lipinski definition) is 9. The third-order valence-electron chi connectivity index (χ3n) is 6.19. The number of halogens is 3. The van der Waals surface area contributed by atoms with E-state index in [4.69, 9.17) is 16.0 Å². The molecule has 3 N–H and O–H groups in total. The van der Waals surface area contributed by atoms with Crippen LogP contribution >= 0.6 is 24.2 Å². The lowest BCUT2D eigenvalue weighted by Crippen LogP contribution is -2.40. The summed E-state index contributed by atoms with van der Waals surface area (Å²) in [5, 5.41) is 12.0. The van der Waals surface area contributed by atoms with Crippen molar-refractivity contribution in [2.75, 3.05) is 29.1 Å². The van der Waals surface area contributed by atoms with Crippen LogP contribution in [0.3, 0.4) is 0 Å². The number of benzene rings is 1. The normalized spacial score (nSPS) is 20.3. The van der Waals surface area contributed by atoms with Crippen molar-refractivity contribution in [1.29, 1.82) is 5.26 Å². The van der Waals surface area contributed by atoms with E-state index in [0.717, 1.165) is 12.4 Å². The van der Waals surface area contributed by atoms with E-state index in [-0.39, 0.29) is 37.2 Å². The topological polar surface area (TPSA) is 133 Å². The first kappa shape index (κ1) is 26.2. The number of thioether (sulfide) groups is 1. The summed E-state index contributed by atoms with van der Waals surface area (Å²) in [7, 11) is 0. The lowest BCUT2D eigenvalue weighted by Gasteiger charge is -2.35. The van der Waals surface area contributed by atoms with Gasteiger partial charge in [-0.15, -0.1) is 12.4 Å². The van der Waals surface area contributed by atoms with Gasteiger partial charge in [0.05, 0.1) is 30.9 Å². The Morgan fingerprint density at radius 1 is 1.22 bits per heavy atom. The molecule has 13 heteroatoms. The van der Waals surface area contributed by atoms with Gasteiger partial charge in [-0.25, -0.2) is 23.7 Å². The summed E-state index contributed by atoms with van der Waals surface area (Å²) in [6, 6.07) is 9.53. The number of carbonyl (C=O) groups excluding carboxylic acids is 1. The van der Waals surface area contributed by atoms with Crippen molar-refractivity contribution in [3.8, 4) is 6.07 Å². The highest BCUT2D eigenvalue weighted by Crippen LogP contribution is 2.47. The average Bonchev–Trinajstić information content (AvgIpc) is 3.25. The Morgan fingerprint density at radius 2 is 2.00 bits per heavy atom. The number of fused-ring (bicyclic) bond motifs is 1. The summed E-state index contributed by atoms with van der Waals surface area (Å²) in [5.41, 5.74) is 6.67. The number of carbonyl (C=O) groups is 1. The highest BCUT2D eigenvalue weighted by atomic mass is 35.5. The van der Waals surface area contributed by atoms with Crippen LogP contribution in [0.5, 0.6) is 0 Å². The molecule has 5 rings (SSSR count). The molecule has 0 radical (unpaired) electrons. The SMILES string of the molecule is Cl.N#Cc1ccc(CC(=O)Nc2ccc(F)c([C@]34CN(c5ncc(F)cn5)C[C@H]3CSC(N)=N4)c2)nc1. The minimum absolute atomic E-state index is 0. The van der Waals surface area contributed by atoms with Gasteiger partial charge in [0, 0.05) is 41.4 Å². The highest BCUT2D eigenvalue weighted by molar-refractivity contribution is 8.13. The Hall–Kier alpha value is -3.82. The number of amidine groups is 1. The van der Waals surface area contributed by atoms with Crippen molar-refractivity contribution in [2.24, 2.45) is 16.6 Å². The van der Waals surface area contributed by atoms with E-state index in [1.807, 2.05) is 11.0 Å². The van der Waals surface area contributed by atoms with E-state index in [9.17, 15) is 9.18 Å². The molecule has 0 unspecified atom stereocenters.